The molecule has 2 aliphatic heterocycles. The number of nitrogens with zero attached hydrogens (tertiary/aromatic N) is 1. The highest BCUT2D eigenvalue weighted by Gasteiger charge is 2.56. The van der Waals surface area contributed by atoms with E-state index in [1.165, 1.54) is 22.3 Å². The summed E-state index contributed by atoms with van der Waals surface area (Å²) in [5.41, 5.74) is 5.66. The van der Waals surface area contributed by atoms with E-state index < -0.39 is 10.0 Å². The molecule has 154 valence electrons. The van der Waals surface area contributed by atoms with Crippen LogP contribution in [0.4, 0.5) is 0 Å². The standard InChI is InChI=1S/C25H26N2O2S/c1-17-7-9-19(10-8-17)20-11-13-21(14-12-20)25-22-15-26-16-23(25)27(22)30(28,29)24-6-4-3-5-18(24)2/h3-14,22-23,25-26H,15-16H2,1-2H3/t22-,23+,25?. The Labute approximate surface area is 178 Å². The molecule has 5 rings (SSSR count). The minimum absolute atomic E-state index is 0.0430. The molecule has 0 saturated carbocycles. The van der Waals surface area contributed by atoms with Crippen molar-refractivity contribution in [2.24, 2.45) is 0 Å². The summed E-state index contributed by atoms with van der Waals surface area (Å²) < 4.78 is 28.5. The molecule has 3 aromatic rings. The zero-order valence-electron chi connectivity index (χ0n) is 17.2. The molecule has 3 atom stereocenters. The second-order valence-corrected chi connectivity index (χ2v) is 10.2. The first-order valence-corrected chi connectivity index (χ1v) is 11.9. The summed E-state index contributed by atoms with van der Waals surface area (Å²) in [5, 5.41) is 3.39. The molecule has 3 aromatic carbocycles. The Balaban J connectivity index is 1.42. The van der Waals surface area contributed by atoms with Gasteiger partial charge in [0.05, 0.1) is 4.90 Å². The van der Waals surface area contributed by atoms with E-state index in [-0.39, 0.29) is 18.0 Å². The Morgan fingerprint density at radius 3 is 1.97 bits per heavy atom. The first-order chi connectivity index (χ1) is 14.5. The molecule has 0 spiro atoms. The van der Waals surface area contributed by atoms with Crippen LogP contribution in [0, 0.1) is 13.8 Å². The normalized spacial score (nSPS) is 23.7. The third-order valence-corrected chi connectivity index (χ3v) is 8.63. The van der Waals surface area contributed by atoms with Crippen molar-refractivity contribution >= 4 is 10.0 Å². The van der Waals surface area contributed by atoms with E-state index in [9.17, 15) is 8.42 Å². The van der Waals surface area contributed by atoms with E-state index in [4.69, 9.17) is 0 Å². The number of sulfonamides is 1. The molecule has 2 bridgehead atoms. The lowest BCUT2D eigenvalue weighted by atomic mass is 9.74. The highest BCUT2D eigenvalue weighted by Crippen LogP contribution is 2.46. The van der Waals surface area contributed by atoms with Crippen molar-refractivity contribution < 1.29 is 8.42 Å². The van der Waals surface area contributed by atoms with Gasteiger partial charge in [-0.1, -0.05) is 72.3 Å². The summed E-state index contributed by atoms with van der Waals surface area (Å²) in [4.78, 5) is 0.426. The number of aryl methyl sites for hydroxylation is 2. The number of fused-ring (bicyclic) bond motifs is 2. The molecule has 0 amide bonds. The van der Waals surface area contributed by atoms with Crippen molar-refractivity contribution in [1.29, 1.82) is 0 Å². The van der Waals surface area contributed by atoms with Gasteiger partial charge in [-0.3, -0.25) is 0 Å². The first kappa shape index (κ1) is 19.5. The van der Waals surface area contributed by atoms with Crippen molar-refractivity contribution in [3.63, 3.8) is 0 Å². The predicted octanol–water partition coefficient (Wildman–Crippen LogP) is 4.10. The highest BCUT2D eigenvalue weighted by molar-refractivity contribution is 7.89. The van der Waals surface area contributed by atoms with Gasteiger partial charge in [0.2, 0.25) is 10.0 Å². The van der Waals surface area contributed by atoms with Crippen LogP contribution < -0.4 is 5.32 Å². The van der Waals surface area contributed by atoms with Gasteiger partial charge >= 0.3 is 0 Å². The second-order valence-electron chi connectivity index (χ2n) is 8.41. The number of piperidine rings is 1. The zero-order valence-corrected chi connectivity index (χ0v) is 18.1. The molecule has 1 N–H and O–H groups in total. The lowest BCUT2D eigenvalue weighted by Gasteiger charge is -2.58. The molecule has 2 fully saturated rings. The van der Waals surface area contributed by atoms with E-state index >= 15 is 0 Å². The Kier molecular flexibility index (Phi) is 4.77. The van der Waals surface area contributed by atoms with E-state index in [1.807, 2.05) is 19.1 Å². The topological polar surface area (TPSA) is 49.4 Å². The van der Waals surface area contributed by atoms with Gasteiger partial charge < -0.3 is 5.32 Å². The maximum absolute atomic E-state index is 13.4. The Morgan fingerprint density at radius 1 is 0.800 bits per heavy atom. The number of hydrogen-bond acceptors (Lipinski definition) is 3. The van der Waals surface area contributed by atoms with Crippen LogP contribution in [-0.4, -0.2) is 37.9 Å². The number of rotatable bonds is 4. The molecule has 2 heterocycles. The van der Waals surface area contributed by atoms with E-state index in [0.29, 0.717) is 18.0 Å². The van der Waals surface area contributed by atoms with Crippen LogP contribution in [0.3, 0.4) is 0 Å². The van der Waals surface area contributed by atoms with Crippen molar-refractivity contribution in [3.8, 4) is 11.1 Å². The van der Waals surface area contributed by atoms with Gasteiger partial charge in [0.15, 0.2) is 0 Å². The molecule has 2 aliphatic rings. The van der Waals surface area contributed by atoms with Crippen LogP contribution in [0.15, 0.2) is 77.7 Å². The zero-order chi connectivity index (χ0) is 20.9. The van der Waals surface area contributed by atoms with Gasteiger partial charge in [0, 0.05) is 31.1 Å². The molecule has 4 nitrogen and oxygen atoms in total. The van der Waals surface area contributed by atoms with E-state index in [1.54, 1.807) is 16.4 Å². The predicted molar refractivity (Wildman–Crippen MR) is 120 cm³/mol. The second kappa shape index (κ2) is 7.34. The van der Waals surface area contributed by atoms with Gasteiger partial charge in [-0.15, -0.1) is 0 Å². The smallest absolute Gasteiger partial charge is 0.243 e. The van der Waals surface area contributed by atoms with Crippen LogP contribution in [0.25, 0.3) is 11.1 Å². The molecule has 1 unspecified atom stereocenters. The molecule has 2 saturated heterocycles. The summed E-state index contributed by atoms with van der Waals surface area (Å²) in [6.45, 7) is 5.33. The summed E-state index contributed by atoms with van der Waals surface area (Å²) in [7, 11) is -3.49. The van der Waals surface area contributed by atoms with Crippen molar-refractivity contribution in [3.05, 3.63) is 89.5 Å². The summed E-state index contributed by atoms with van der Waals surface area (Å²) in [5.74, 6) is 0.233. The monoisotopic (exact) mass is 418 g/mol. The third kappa shape index (κ3) is 3.09. The fourth-order valence-corrected chi connectivity index (χ4v) is 7.01. The molecule has 0 aliphatic carbocycles. The molecule has 0 radical (unpaired) electrons. The van der Waals surface area contributed by atoms with Gasteiger partial charge in [0.1, 0.15) is 0 Å². The Bertz CT molecular complexity index is 1160. The van der Waals surface area contributed by atoms with E-state index in [2.05, 4.69) is 60.8 Å². The van der Waals surface area contributed by atoms with Crippen LogP contribution in [0.1, 0.15) is 22.6 Å². The largest absolute Gasteiger partial charge is 0.313 e. The maximum Gasteiger partial charge on any atom is 0.243 e. The minimum Gasteiger partial charge on any atom is -0.313 e. The molecule has 5 heteroatoms. The first-order valence-electron chi connectivity index (χ1n) is 10.4. The minimum atomic E-state index is -3.49. The van der Waals surface area contributed by atoms with Gasteiger partial charge in [0.25, 0.3) is 0 Å². The quantitative estimate of drug-likeness (QED) is 0.694. The average molecular weight is 419 g/mol. The number of piperazine rings is 1. The fourth-order valence-electron chi connectivity index (χ4n) is 4.93. The number of nitrogens with one attached hydrogen (secondary N) is 1. The molecule has 0 aromatic heterocycles. The highest BCUT2D eigenvalue weighted by atomic mass is 32.2. The van der Waals surface area contributed by atoms with Crippen molar-refractivity contribution in [2.75, 3.05) is 13.1 Å². The molecular weight excluding hydrogens is 392 g/mol. The molecule has 30 heavy (non-hydrogen) atoms. The SMILES string of the molecule is Cc1ccc(-c2ccc(C3[C@H]4CNC[C@@H]3N4S(=O)(=O)c3ccccc3C)cc2)cc1. The summed E-state index contributed by atoms with van der Waals surface area (Å²) in [6.07, 6.45) is 0. The fraction of sp³-hybridized carbons (Fsp3) is 0.280. The van der Waals surface area contributed by atoms with Crippen LogP contribution in [0.2, 0.25) is 0 Å². The van der Waals surface area contributed by atoms with Crippen LogP contribution >= 0.6 is 0 Å². The van der Waals surface area contributed by atoms with Gasteiger partial charge in [-0.2, -0.15) is 4.31 Å². The van der Waals surface area contributed by atoms with Crippen LogP contribution in [-0.2, 0) is 10.0 Å². The van der Waals surface area contributed by atoms with Gasteiger partial charge in [-0.25, -0.2) is 8.42 Å². The van der Waals surface area contributed by atoms with Crippen molar-refractivity contribution in [2.45, 2.75) is 36.7 Å². The third-order valence-electron chi connectivity index (χ3n) is 6.52. The average Bonchev–Trinajstić information content (AvgIpc) is 2.75. The lowest BCUT2D eigenvalue weighted by Crippen LogP contribution is -2.73. The van der Waals surface area contributed by atoms with Crippen LogP contribution in [0.5, 0.6) is 0 Å². The van der Waals surface area contributed by atoms with E-state index in [0.717, 1.165) is 5.56 Å². The number of hydrogen-bond donors (Lipinski definition) is 1. The van der Waals surface area contributed by atoms with Gasteiger partial charge in [-0.05, 0) is 42.2 Å². The summed E-state index contributed by atoms with van der Waals surface area (Å²) in [6, 6.07) is 24.4. The van der Waals surface area contributed by atoms with Crippen molar-refractivity contribution in [1.82, 2.24) is 9.62 Å². The molecular formula is C25H26N2O2S. The number of benzene rings is 3. The summed E-state index contributed by atoms with van der Waals surface area (Å²) >= 11 is 0. The Hall–Kier alpha value is -2.47. The Morgan fingerprint density at radius 2 is 1.37 bits per heavy atom. The maximum atomic E-state index is 13.4. The lowest BCUT2D eigenvalue weighted by molar-refractivity contribution is 0.0370.